The Labute approximate surface area is 152 Å². The first-order chi connectivity index (χ1) is 12.4. The molecule has 134 valence electrons. The Morgan fingerprint density at radius 1 is 1.31 bits per heavy atom. The van der Waals surface area contributed by atoms with Crippen molar-refractivity contribution in [1.29, 1.82) is 0 Å². The van der Waals surface area contributed by atoms with E-state index in [1.54, 1.807) is 4.90 Å². The van der Waals surface area contributed by atoms with E-state index >= 15 is 0 Å². The van der Waals surface area contributed by atoms with Gasteiger partial charge in [0.25, 0.3) is 5.91 Å². The summed E-state index contributed by atoms with van der Waals surface area (Å²) in [5.74, 6) is -0.183. The largest absolute Gasteiger partial charge is 0.357 e. The third-order valence-corrected chi connectivity index (χ3v) is 5.46. The minimum atomic E-state index is -0.545. The Kier molecular flexibility index (Phi) is 3.75. The van der Waals surface area contributed by atoms with Crippen molar-refractivity contribution in [3.05, 3.63) is 60.0 Å². The van der Waals surface area contributed by atoms with Gasteiger partial charge in [-0.05, 0) is 18.1 Å². The van der Waals surface area contributed by atoms with Gasteiger partial charge in [0, 0.05) is 35.0 Å². The number of allylic oxidation sites excluding steroid dienone is 1. The third kappa shape index (κ3) is 2.46. The number of piperazine rings is 1. The number of aromatic amines is 1. The maximum absolute atomic E-state index is 12.9. The summed E-state index contributed by atoms with van der Waals surface area (Å²) in [5.41, 5.74) is 3.37. The van der Waals surface area contributed by atoms with Crippen LogP contribution in [0.1, 0.15) is 31.5 Å². The number of hydrogen-bond donors (Lipinski definition) is 2. The predicted molar refractivity (Wildman–Crippen MR) is 102 cm³/mol. The summed E-state index contributed by atoms with van der Waals surface area (Å²) in [4.78, 5) is 30.4. The predicted octanol–water partition coefficient (Wildman–Crippen LogP) is 2.79. The highest BCUT2D eigenvalue weighted by Gasteiger charge is 2.39. The number of aromatic nitrogens is 1. The lowest BCUT2D eigenvalue weighted by Crippen LogP contribution is -2.56. The Bertz CT molecular complexity index is 951. The first-order valence-corrected chi connectivity index (χ1v) is 8.98. The lowest BCUT2D eigenvalue weighted by Gasteiger charge is -2.32. The van der Waals surface area contributed by atoms with E-state index < -0.39 is 6.04 Å². The first-order valence-electron chi connectivity index (χ1n) is 8.98. The van der Waals surface area contributed by atoms with Crippen LogP contribution in [0.3, 0.4) is 0 Å². The molecule has 0 saturated carbocycles. The van der Waals surface area contributed by atoms with E-state index in [9.17, 15) is 9.59 Å². The van der Waals surface area contributed by atoms with Gasteiger partial charge in [-0.15, -0.1) is 6.58 Å². The summed E-state index contributed by atoms with van der Waals surface area (Å²) in [5, 5.41) is 3.98. The molecule has 2 N–H and O–H groups in total. The molecule has 5 heteroatoms. The Morgan fingerprint density at radius 2 is 2.08 bits per heavy atom. The topological polar surface area (TPSA) is 65.2 Å². The van der Waals surface area contributed by atoms with E-state index in [4.69, 9.17) is 0 Å². The van der Waals surface area contributed by atoms with Crippen LogP contribution in [0, 0.1) is 0 Å². The lowest BCUT2D eigenvalue weighted by atomic mass is 9.84. The summed E-state index contributed by atoms with van der Waals surface area (Å²) in [6.45, 7) is 8.75. The molecule has 2 aliphatic rings. The molecule has 0 spiro atoms. The molecule has 5 nitrogen and oxygen atoms in total. The molecule has 4 rings (SSSR count). The van der Waals surface area contributed by atoms with E-state index in [1.165, 1.54) is 0 Å². The summed E-state index contributed by atoms with van der Waals surface area (Å²) >= 11 is 0. The molecular weight excluding hydrogens is 326 g/mol. The lowest BCUT2D eigenvalue weighted by molar-refractivity contribution is -0.139. The highest BCUT2D eigenvalue weighted by Crippen LogP contribution is 2.34. The maximum atomic E-state index is 12.9. The van der Waals surface area contributed by atoms with Crippen molar-refractivity contribution < 1.29 is 9.59 Å². The van der Waals surface area contributed by atoms with Crippen LogP contribution in [0.5, 0.6) is 0 Å². The number of fused-ring (bicyclic) bond motifs is 2. The molecule has 0 radical (unpaired) electrons. The molecule has 2 aromatic rings. The van der Waals surface area contributed by atoms with Gasteiger partial charge in [0.1, 0.15) is 11.7 Å². The summed E-state index contributed by atoms with van der Waals surface area (Å²) in [7, 11) is 0. The fourth-order valence-corrected chi connectivity index (χ4v) is 3.89. The fraction of sp³-hybridized carbons (Fsp3) is 0.333. The fourth-order valence-electron chi connectivity index (χ4n) is 3.89. The number of hydrogen-bond acceptors (Lipinski definition) is 2. The number of rotatable bonds is 4. The quantitative estimate of drug-likeness (QED) is 0.834. The van der Waals surface area contributed by atoms with Crippen LogP contribution in [0.15, 0.2) is 48.7 Å². The van der Waals surface area contributed by atoms with Gasteiger partial charge in [-0.2, -0.15) is 0 Å². The van der Waals surface area contributed by atoms with Crippen LogP contribution in [-0.4, -0.2) is 34.3 Å². The van der Waals surface area contributed by atoms with Crippen LogP contribution >= 0.6 is 0 Å². The SMILES string of the molecule is C=CC(C)(C)c1[nH]c2ccccc2c1CC1NC(=O)C2=CCCN2C1=O. The summed E-state index contributed by atoms with van der Waals surface area (Å²) < 4.78 is 0. The normalized spacial score (nSPS) is 20.2. The zero-order valence-corrected chi connectivity index (χ0v) is 15.1. The van der Waals surface area contributed by atoms with Gasteiger partial charge in [-0.1, -0.05) is 44.2 Å². The van der Waals surface area contributed by atoms with E-state index in [2.05, 4.69) is 36.8 Å². The van der Waals surface area contributed by atoms with Crippen molar-refractivity contribution in [2.24, 2.45) is 0 Å². The molecule has 1 atom stereocenters. The van der Waals surface area contributed by atoms with Crippen molar-refractivity contribution in [3.63, 3.8) is 0 Å². The van der Waals surface area contributed by atoms with Crippen LogP contribution in [0.25, 0.3) is 10.9 Å². The van der Waals surface area contributed by atoms with Gasteiger partial charge in [0.2, 0.25) is 5.91 Å². The van der Waals surface area contributed by atoms with Crippen LogP contribution in [0.4, 0.5) is 0 Å². The highest BCUT2D eigenvalue weighted by atomic mass is 16.2. The summed E-state index contributed by atoms with van der Waals surface area (Å²) in [6, 6.07) is 7.52. The average molecular weight is 349 g/mol. The smallest absolute Gasteiger partial charge is 0.268 e. The molecular formula is C21H23N3O2. The highest BCUT2D eigenvalue weighted by molar-refractivity contribution is 6.05. The van der Waals surface area contributed by atoms with Crippen LogP contribution < -0.4 is 5.32 Å². The second kappa shape index (κ2) is 5.87. The minimum absolute atomic E-state index is 0.0269. The molecule has 2 aliphatic heterocycles. The van der Waals surface area contributed by atoms with Crippen molar-refractivity contribution in [1.82, 2.24) is 15.2 Å². The number of nitrogens with zero attached hydrogens (tertiary/aromatic N) is 1. The molecule has 0 bridgehead atoms. The van der Waals surface area contributed by atoms with E-state index in [1.807, 2.05) is 30.4 Å². The summed E-state index contributed by atoms with van der Waals surface area (Å²) in [6.07, 6.45) is 4.94. The van der Waals surface area contributed by atoms with Gasteiger partial charge in [0.05, 0.1) is 0 Å². The van der Waals surface area contributed by atoms with Crippen molar-refractivity contribution >= 4 is 22.7 Å². The zero-order valence-electron chi connectivity index (χ0n) is 15.1. The van der Waals surface area contributed by atoms with Crippen LogP contribution in [-0.2, 0) is 21.4 Å². The standard InChI is InChI=1S/C21H23N3O2/c1-4-21(2,3)18-14(13-8-5-6-9-15(13)22-18)12-16-20(26)24-11-7-10-17(24)19(25)23-16/h4-6,8-10,16,22H,1,7,11-12H2,2-3H3,(H,23,25). The van der Waals surface area contributed by atoms with Crippen molar-refractivity contribution in [3.8, 4) is 0 Å². The Balaban J connectivity index is 1.76. The number of amides is 2. The molecule has 1 aromatic heterocycles. The van der Waals surface area contributed by atoms with E-state index in [0.717, 1.165) is 28.6 Å². The molecule has 1 fully saturated rings. The van der Waals surface area contributed by atoms with E-state index in [0.29, 0.717) is 18.7 Å². The van der Waals surface area contributed by atoms with Crippen molar-refractivity contribution in [2.75, 3.05) is 6.54 Å². The van der Waals surface area contributed by atoms with Gasteiger partial charge in [-0.25, -0.2) is 0 Å². The number of nitrogens with one attached hydrogen (secondary N) is 2. The second-order valence-electron chi connectivity index (χ2n) is 7.55. The van der Waals surface area contributed by atoms with Crippen molar-refractivity contribution in [2.45, 2.75) is 38.1 Å². The number of carbonyl (C=O) groups is 2. The number of carbonyl (C=O) groups excluding carboxylic acids is 2. The van der Waals surface area contributed by atoms with Gasteiger partial charge in [-0.3, -0.25) is 9.59 Å². The van der Waals surface area contributed by atoms with Gasteiger partial charge in [0.15, 0.2) is 0 Å². The van der Waals surface area contributed by atoms with E-state index in [-0.39, 0.29) is 17.2 Å². The molecule has 1 saturated heterocycles. The average Bonchev–Trinajstić information content (AvgIpc) is 3.25. The number of benzene rings is 1. The second-order valence-corrected chi connectivity index (χ2v) is 7.55. The molecule has 1 unspecified atom stereocenters. The van der Waals surface area contributed by atoms with Crippen LogP contribution in [0.2, 0.25) is 0 Å². The monoisotopic (exact) mass is 349 g/mol. The molecule has 26 heavy (non-hydrogen) atoms. The molecule has 0 aliphatic carbocycles. The van der Waals surface area contributed by atoms with Gasteiger partial charge < -0.3 is 15.2 Å². The minimum Gasteiger partial charge on any atom is -0.357 e. The maximum Gasteiger partial charge on any atom is 0.268 e. The third-order valence-electron chi connectivity index (χ3n) is 5.46. The molecule has 3 heterocycles. The number of H-pyrrole nitrogens is 1. The first kappa shape index (κ1) is 16.6. The Morgan fingerprint density at radius 3 is 2.85 bits per heavy atom. The zero-order chi connectivity index (χ0) is 18.5. The molecule has 2 amide bonds. The Hall–Kier alpha value is -2.82. The molecule has 1 aromatic carbocycles. The number of para-hydroxylation sites is 1. The van der Waals surface area contributed by atoms with Gasteiger partial charge >= 0.3 is 0 Å².